The Morgan fingerprint density at radius 3 is 2.68 bits per heavy atom. The molecule has 2 heterocycles. The van der Waals surface area contributed by atoms with Crippen molar-refractivity contribution in [2.45, 2.75) is 32.1 Å². The number of carboxylic acids is 1. The molecule has 1 amide bonds. The van der Waals surface area contributed by atoms with Gasteiger partial charge < -0.3 is 10.0 Å². The molecule has 1 unspecified atom stereocenters. The van der Waals surface area contributed by atoms with E-state index < -0.39 is 11.4 Å². The summed E-state index contributed by atoms with van der Waals surface area (Å²) in [6.45, 7) is 2.33. The number of nitrogens with zero attached hydrogens (tertiary/aromatic N) is 3. The number of benzene rings is 1. The molecule has 0 bridgehead atoms. The first-order valence-electron chi connectivity index (χ1n) is 8.47. The third kappa shape index (κ3) is 2.40. The van der Waals surface area contributed by atoms with Crippen molar-refractivity contribution in [3.05, 3.63) is 53.3 Å². The zero-order chi connectivity index (χ0) is 17.6. The minimum Gasteiger partial charge on any atom is -0.481 e. The topological polar surface area (TPSA) is 83.4 Å². The van der Waals surface area contributed by atoms with E-state index in [1.165, 1.54) is 0 Å². The number of carbonyl (C=O) groups excluding carboxylic acids is 1. The highest BCUT2D eigenvalue weighted by Gasteiger charge is 2.57. The number of hydrogen-bond acceptors (Lipinski definition) is 4. The Hall–Kier alpha value is -2.76. The van der Waals surface area contributed by atoms with Gasteiger partial charge in [-0.1, -0.05) is 18.2 Å². The summed E-state index contributed by atoms with van der Waals surface area (Å²) in [6, 6.07) is 9.40. The van der Waals surface area contributed by atoms with Crippen LogP contribution in [0, 0.1) is 12.3 Å². The lowest BCUT2D eigenvalue weighted by Crippen LogP contribution is -2.40. The largest absolute Gasteiger partial charge is 0.481 e. The van der Waals surface area contributed by atoms with E-state index in [1.54, 1.807) is 17.2 Å². The second-order valence-corrected chi connectivity index (χ2v) is 6.88. The summed E-state index contributed by atoms with van der Waals surface area (Å²) in [5.41, 5.74) is 2.21. The molecule has 128 valence electrons. The maximum absolute atomic E-state index is 13.0. The fourth-order valence-corrected chi connectivity index (χ4v) is 3.93. The number of para-hydroxylation sites is 1. The molecule has 1 aliphatic carbocycles. The summed E-state index contributed by atoms with van der Waals surface area (Å²) < 4.78 is 0. The van der Waals surface area contributed by atoms with Crippen molar-refractivity contribution >= 4 is 17.6 Å². The second-order valence-electron chi connectivity index (χ2n) is 6.88. The van der Waals surface area contributed by atoms with Crippen LogP contribution in [0.4, 0.5) is 5.69 Å². The van der Waals surface area contributed by atoms with Gasteiger partial charge in [0.1, 0.15) is 0 Å². The van der Waals surface area contributed by atoms with Crippen LogP contribution >= 0.6 is 0 Å². The third-order valence-electron chi connectivity index (χ3n) is 5.50. The minimum atomic E-state index is -0.725. The van der Waals surface area contributed by atoms with Crippen LogP contribution in [0.1, 0.15) is 46.8 Å². The molecule has 0 spiro atoms. The van der Waals surface area contributed by atoms with Gasteiger partial charge in [0.2, 0.25) is 0 Å². The van der Waals surface area contributed by atoms with Crippen LogP contribution in [0.15, 0.2) is 36.5 Å². The maximum Gasteiger partial charge on any atom is 0.310 e. The molecule has 4 rings (SSSR count). The van der Waals surface area contributed by atoms with E-state index in [0.717, 1.165) is 16.8 Å². The van der Waals surface area contributed by atoms with Gasteiger partial charge in [0.25, 0.3) is 5.91 Å². The molecule has 1 aromatic heterocycles. The predicted molar refractivity (Wildman–Crippen MR) is 91.5 cm³/mol. The van der Waals surface area contributed by atoms with Crippen molar-refractivity contribution in [1.82, 2.24) is 10.2 Å². The standard InChI is InChI=1S/C19H19N3O3/c1-12-6-10-20-21-16(12)17(23)22-11-7-14(19(8-9-19)18(24)25)13-4-2-3-5-15(13)22/h2-6,10,14H,7-9,11H2,1H3,(H,24,25). The highest BCUT2D eigenvalue weighted by atomic mass is 16.4. The number of aliphatic carboxylic acids is 1. The second kappa shape index (κ2) is 5.65. The average Bonchev–Trinajstić information content (AvgIpc) is 3.42. The molecule has 2 aliphatic rings. The van der Waals surface area contributed by atoms with Crippen molar-refractivity contribution in [2.75, 3.05) is 11.4 Å². The smallest absolute Gasteiger partial charge is 0.310 e. The lowest BCUT2D eigenvalue weighted by Gasteiger charge is -2.36. The van der Waals surface area contributed by atoms with E-state index >= 15 is 0 Å². The van der Waals surface area contributed by atoms with Gasteiger partial charge in [-0.05, 0) is 49.4 Å². The molecule has 6 heteroatoms. The summed E-state index contributed by atoms with van der Waals surface area (Å²) in [7, 11) is 0. The number of aryl methyl sites for hydroxylation is 1. The number of rotatable bonds is 3. The van der Waals surface area contributed by atoms with Gasteiger partial charge in [-0.2, -0.15) is 5.10 Å². The molecular formula is C19H19N3O3. The molecule has 1 saturated carbocycles. The number of carbonyl (C=O) groups is 2. The van der Waals surface area contributed by atoms with Crippen molar-refractivity contribution in [1.29, 1.82) is 0 Å². The van der Waals surface area contributed by atoms with E-state index in [-0.39, 0.29) is 11.8 Å². The van der Waals surface area contributed by atoms with E-state index in [9.17, 15) is 14.7 Å². The van der Waals surface area contributed by atoms with Crippen LogP contribution in [0.5, 0.6) is 0 Å². The van der Waals surface area contributed by atoms with Crippen molar-refractivity contribution in [3.63, 3.8) is 0 Å². The quantitative estimate of drug-likeness (QED) is 0.931. The van der Waals surface area contributed by atoms with Gasteiger partial charge in [0, 0.05) is 24.3 Å². The van der Waals surface area contributed by atoms with Gasteiger partial charge in [0.15, 0.2) is 5.69 Å². The summed E-state index contributed by atoms with van der Waals surface area (Å²) >= 11 is 0. The average molecular weight is 337 g/mol. The monoisotopic (exact) mass is 337 g/mol. The molecule has 1 aromatic carbocycles. The van der Waals surface area contributed by atoms with Crippen molar-refractivity contribution in [3.8, 4) is 0 Å². The van der Waals surface area contributed by atoms with E-state index in [4.69, 9.17) is 0 Å². The van der Waals surface area contributed by atoms with Crippen molar-refractivity contribution < 1.29 is 14.7 Å². The van der Waals surface area contributed by atoms with Gasteiger partial charge in [-0.15, -0.1) is 5.10 Å². The minimum absolute atomic E-state index is 0.0480. The predicted octanol–water partition coefficient (Wildman–Crippen LogP) is 2.78. The van der Waals surface area contributed by atoms with Crippen LogP contribution in [0.25, 0.3) is 0 Å². The first-order valence-corrected chi connectivity index (χ1v) is 8.47. The fourth-order valence-electron chi connectivity index (χ4n) is 3.93. The van der Waals surface area contributed by atoms with Crippen molar-refractivity contribution in [2.24, 2.45) is 5.41 Å². The van der Waals surface area contributed by atoms with Crippen LogP contribution < -0.4 is 4.90 Å². The fraction of sp³-hybridized carbons (Fsp3) is 0.368. The first kappa shape index (κ1) is 15.7. The number of aromatic nitrogens is 2. The molecule has 0 radical (unpaired) electrons. The summed E-state index contributed by atoms with van der Waals surface area (Å²) in [4.78, 5) is 26.5. The third-order valence-corrected chi connectivity index (χ3v) is 5.50. The van der Waals surface area contributed by atoms with Gasteiger partial charge in [-0.3, -0.25) is 9.59 Å². The van der Waals surface area contributed by atoms with Crippen LogP contribution in [0.2, 0.25) is 0 Å². The van der Waals surface area contributed by atoms with Gasteiger partial charge >= 0.3 is 5.97 Å². The Balaban J connectivity index is 1.74. The Labute approximate surface area is 145 Å². The van der Waals surface area contributed by atoms with E-state index in [1.807, 2.05) is 31.2 Å². The van der Waals surface area contributed by atoms with Crippen LogP contribution in [-0.2, 0) is 4.79 Å². The number of amides is 1. The molecule has 1 aliphatic heterocycles. The zero-order valence-corrected chi connectivity index (χ0v) is 14.0. The molecule has 6 nitrogen and oxygen atoms in total. The van der Waals surface area contributed by atoms with E-state index in [0.29, 0.717) is 31.5 Å². The Morgan fingerprint density at radius 1 is 1.24 bits per heavy atom. The Bertz CT molecular complexity index is 860. The summed E-state index contributed by atoms with van der Waals surface area (Å²) in [5.74, 6) is -0.957. The van der Waals surface area contributed by atoms with E-state index in [2.05, 4.69) is 10.2 Å². The Kier molecular flexibility index (Phi) is 3.56. The highest BCUT2D eigenvalue weighted by Crippen LogP contribution is 2.60. The maximum atomic E-state index is 13.0. The van der Waals surface area contributed by atoms with Crippen LogP contribution in [-0.4, -0.2) is 33.7 Å². The number of fused-ring (bicyclic) bond motifs is 1. The number of hydrogen-bond donors (Lipinski definition) is 1. The first-order chi connectivity index (χ1) is 12.0. The van der Waals surface area contributed by atoms with Gasteiger partial charge in [-0.25, -0.2) is 0 Å². The number of anilines is 1. The molecule has 1 atom stereocenters. The molecule has 1 fully saturated rings. The Morgan fingerprint density at radius 2 is 2.00 bits per heavy atom. The highest BCUT2D eigenvalue weighted by molar-refractivity contribution is 6.06. The lowest BCUT2D eigenvalue weighted by atomic mass is 9.77. The molecule has 1 N–H and O–H groups in total. The van der Waals surface area contributed by atoms with Gasteiger partial charge in [0.05, 0.1) is 5.41 Å². The summed E-state index contributed by atoms with van der Waals surface area (Å²) in [6.07, 6.45) is 3.63. The zero-order valence-electron chi connectivity index (χ0n) is 14.0. The molecule has 25 heavy (non-hydrogen) atoms. The lowest BCUT2D eigenvalue weighted by molar-refractivity contribution is -0.144. The molecule has 2 aromatic rings. The SMILES string of the molecule is Cc1ccnnc1C(=O)N1CCC(C2(C(=O)O)CC2)c2ccccc21. The normalized spacial score (nSPS) is 20.7. The molecule has 0 saturated heterocycles. The molecular weight excluding hydrogens is 318 g/mol. The van der Waals surface area contributed by atoms with Crippen LogP contribution in [0.3, 0.4) is 0 Å². The summed E-state index contributed by atoms with van der Waals surface area (Å²) in [5, 5.41) is 17.5. The number of carboxylic acid groups (broad SMARTS) is 1.